The van der Waals surface area contributed by atoms with Gasteiger partial charge in [-0.3, -0.25) is 9.59 Å². The van der Waals surface area contributed by atoms with Gasteiger partial charge >= 0.3 is 5.97 Å². The summed E-state index contributed by atoms with van der Waals surface area (Å²) in [4.78, 5) is 23.0. The van der Waals surface area contributed by atoms with Crippen molar-refractivity contribution < 1.29 is 19.1 Å². The van der Waals surface area contributed by atoms with Crippen molar-refractivity contribution in [1.82, 2.24) is 5.32 Å². The molecule has 2 N–H and O–H groups in total. The van der Waals surface area contributed by atoms with Crippen molar-refractivity contribution in [1.29, 1.82) is 0 Å². The quantitative estimate of drug-likeness (QED) is 0.842. The van der Waals surface area contributed by atoms with Crippen LogP contribution in [0.15, 0.2) is 16.5 Å². The zero-order valence-electron chi connectivity index (χ0n) is 11.4. The molecule has 0 radical (unpaired) electrons. The van der Waals surface area contributed by atoms with Crippen LogP contribution in [0.5, 0.6) is 0 Å². The highest BCUT2D eigenvalue weighted by atomic mass is 32.2. The average Bonchev–Trinajstić information content (AvgIpc) is 3.04. The van der Waals surface area contributed by atoms with Gasteiger partial charge in [-0.25, -0.2) is 0 Å². The summed E-state index contributed by atoms with van der Waals surface area (Å²) in [6, 6.07) is 3.45. The number of hydrogen-bond donors (Lipinski definition) is 2. The molecule has 0 spiro atoms. The first kappa shape index (κ1) is 15.0. The fraction of sp³-hybridized carbons (Fsp3) is 0.571. The molecule has 5 nitrogen and oxygen atoms in total. The third-order valence-electron chi connectivity index (χ3n) is 3.67. The maximum Gasteiger partial charge on any atom is 0.306 e. The molecule has 1 aliphatic carbocycles. The van der Waals surface area contributed by atoms with E-state index in [0.29, 0.717) is 18.7 Å². The van der Waals surface area contributed by atoms with Gasteiger partial charge in [-0.05, 0) is 37.1 Å². The Balaban J connectivity index is 1.86. The van der Waals surface area contributed by atoms with Crippen LogP contribution >= 0.6 is 11.8 Å². The number of thioether (sulfide) groups is 1. The van der Waals surface area contributed by atoms with Gasteiger partial charge in [-0.15, -0.1) is 0 Å². The van der Waals surface area contributed by atoms with Crippen LogP contribution in [0, 0.1) is 11.8 Å². The Bertz CT molecular complexity index is 485. The summed E-state index contributed by atoms with van der Waals surface area (Å²) in [6.07, 6.45) is 4.44. The van der Waals surface area contributed by atoms with Crippen molar-refractivity contribution in [3.8, 4) is 0 Å². The standard InChI is InChI=1S/C14H19NO4S/c1-20-8-10-5-6-12(19-10)13(16)15-7-9-3-2-4-11(9)14(17)18/h5-6,9,11H,2-4,7-8H2,1H3,(H,15,16)(H,17,18). The summed E-state index contributed by atoms with van der Waals surface area (Å²) in [5.41, 5.74) is 0. The predicted molar refractivity (Wildman–Crippen MR) is 76.7 cm³/mol. The summed E-state index contributed by atoms with van der Waals surface area (Å²) in [6.45, 7) is 0.397. The molecule has 2 rings (SSSR count). The Morgan fingerprint density at radius 2 is 2.25 bits per heavy atom. The maximum atomic E-state index is 11.9. The average molecular weight is 297 g/mol. The molecule has 1 aromatic heterocycles. The number of carboxylic acid groups (broad SMARTS) is 1. The van der Waals surface area contributed by atoms with E-state index in [0.717, 1.165) is 24.4 Å². The Morgan fingerprint density at radius 1 is 1.45 bits per heavy atom. The number of carbonyl (C=O) groups is 2. The highest BCUT2D eigenvalue weighted by Gasteiger charge is 2.33. The van der Waals surface area contributed by atoms with Crippen LogP contribution in [-0.2, 0) is 10.5 Å². The number of hydrogen-bond acceptors (Lipinski definition) is 4. The minimum absolute atomic E-state index is 0.0251. The van der Waals surface area contributed by atoms with E-state index in [9.17, 15) is 9.59 Å². The molecule has 1 fully saturated rings. The molecule has 1 saturated carbocycles. The number of carboxylic acids is 1. The van der Waals surface area contributed by atoms with Crippen LogP contribution in [0.1, 0.15) is 35.6 Å². The van der Waals surface area contributed by atoms with Crippen molar-refractivity contribution in [3.05, 3.63) is 23.7 Å². The van der Waals surface area contributed by atoms with E-state index >= 15 is 0 Å². The fourth-order valence-electron chi connectivity index (χ4n) is 2.64. The van der Waals surface area contributed by atoms with Crippen LogP contribution < -0.4 is 5.32 Å². The molecule has 1 aromatic rings. The van der Waals surface area contributed by atoms with E-state index in [-0.39, 0.29) is 17.7 Å². The first-order chi connectivity index (χ1) is 9.61. The number of amides is 1. The van der Waals surface area contributed by atoms with Gasteiger partial charge in [-0.1, -0.05) is 6.42 Å². The molecule has 0 aromatic carbocycles. The summed E-state index contributed by atoms with van der Waals surface area (Å²) < 4.78 is 5.43. The van der Waals surface area contributed by atoms with E-state index in [1.54, 1.807) is 23.9 Å². The molecule has 20 heavy (non-hydrogen) atoms. The lowest BCUT2D eigenvalue weighted by Gasteiger charge is -2.15. The molecular weight excluding hydrogens is 278 g/mol. The normalized spacial score (nSPS) is 21.9. The first-order valence-electron chi connectivity index (χ1n) is 6.70. The number of aliphatic carboxylic acids is 1. The summed E-state index contributed by atoms with van der Waals surface area (Å²) >= 11 is 1.63. The van der Waals surface area contributed by atoms with E-state index < -0.39 is 5.97 Å². The molecule has 0 aliphatic heterocycles. The smallest absolute Gasteiger partial charge is 0.306 e. The molecule has 1 aliphatic rings. The van der Waals surface area contributed by atoms with Gasteiger partial charge in [0.25, 0.3) is 5.91 Å². The lowest BCUT2D eigenvalue weighted by molar-refractivity contribution is -0.142. The predicted octanol–water partition coefficient (Wildman–Crippen LogP) is 2.37. The van der Waals surface area contributed by atoms with Crippen molar-refractivity contribution in [3.63, 3.8) is 0 Å². The van der Waals surface area contributed by atoms with E-state index in [1.807, 2.05) is 6.26 Å². The minimum Gasteiger partial charge on any atom is -0.481 e. The number of furan rings is 1. The largest absolute Gasteiger partial charge is 0.481 e. The van der Waals surface area contributed by atoms with Gasteiger partial charge in [0.05, 0.1) is 11.7 Å². The fourth-order valence-corrected chi connectivity index (χ4v) is 3.08. The van der Waals surface area contributed by atoms with Crippen LogP contribution in [0.3, 0.4) is 0 Å². The highest BCUT2D eigenvalue weighted by Crippen LogP contribution is 2.31. The van der Waals surface area contributed by atoms with Crippen molar-refractivity contribution in [2.24, 2.45) is 11.8 Å². The van der Waals surface area contributed by atoms with E-state index in [2.05, 4.69) is 5.32 Å². The van der Waals surface area contributed by atoms with Crippen molar-refractivity contribution in [2.45, 2.75) is 25.0 Å². The second-order valence-corrected chi connectivity index (χ2v) is 5.91. The van der Waals surface area contributed by atoms with Gasteiger partial charge in [0.2, 0.25) is 0 Å². The van der Waals surface area contributed by atoms with Gasteiger partial charge < -0.3 is 14.8 Å². The van der Waals surface area contributed by atoms with Crippen LogP contribution in [0.4, 0.5) is 0 Å². The summed E-state index contributed by atoms with van der Waals surface area (Å²) in [5.74, 6) is 0.453. The first-order valence-corrected chi connectivity index (χ1v) is 8.10. The van der Waals surface area contributed by atoms with E-state index in [4.69, 9.17) is 9.52 Å². The SMILES string of the molecule is CSCc1ccc(C(=O)NCC2CCCC2C(=O)O)o1. The Labute approximate surface area is 122 Å². The van der Waals surface area contributed by atoms with Crippen LogP contribution in [-0.4, -0.2) is 29.8 Å². The lowest BCUT2D eigenvalue weighted by Crippen LogP contribution is -2.32. The van der Waals surface area contributed by atoms with Gasteiger partial charge in [-0.2, -0.15) is 11.8 Å². The molecular formula is C14H19NO4S. The van der Waals surface area contributed by atoms with Crippen molar-refractivity contribution in [2.75, 3.05) is 12.8 Å². The van der Waals surface area contributed by atoms with E-state index in [1.165, 1.54) is 0 Å². The van der Waals surface area contributed by atoms with Crippen LogP contribution in [0.2, 0.25) is 0 Å². The topological polar surface area (TPSA) is 79.5 Å². The molecule has 110 valence electrons. The Morgan fingerprint density at radius 3 is 2.95 bits per heavy atom. The number of nitrogens with one attached hydrogen (secondary N) is 1. The van der Waals surface area contributed by atoms with Crippen molar-refractivity contribution >= 4 is 23.6 Å². The number of rotatable bonds is 6. The molecule has 2 unspecified atom stereocenters. The molecule has 2 atom stereocenters. The Hall–Kier alpha value is -1.43. The third-order valence-corrected chi connectivity index (χ3v) is 4.25. The molecule has 0 bridgehead atoms. The molecule has 6 heteroatoms. The maximum absolute atomic E-state index is 11.9. The van der Waals surface area contributed by atoms with Gasteiger partial charge in [0.1, 0.15) is 5.76 Å². The monoisotopic (exact) mass is 297 g/mol. The zero-order chi connectivity index (χ0) is 14.5. The number of carbonyl (C=O) groups excluding carboxylic acids is 1. The van der Waals surface area contributed by atoms with Gasteiger partial charge in [0.15, 0.2) is 5.76 Å². The molecule has 0 saturated heterocycles. The Kier molecular flexibility index (Phi) is 5.11. The summed E-state index contributed by atoms with van der Waals surface area (Å²) in [7, 11) is 0. The highest BCUT2D eigenvalue weighted by molar-refractivity contribution is 7.97. The second-order valence-electron chi connectivity index (χ2n) is 5.04. The van der Waals surface area contributed by atoms with Gasteiger partial charge in [0, 0.05) is 6.54 Å². The minimum atomic E-state index is -0.762. The second kappa shape index (κ2) is 6.83. The molecule has 1 heterocycles. The third kappa shape index (κ3) is 3.56. The summed E-state index contributed by atoms with van der Waals surface area (Å²) in [5, 5.41) is 11.9. The van der Waals surface area contributed by atoms with Crippen LogP contribution in [0.25, 0.3) is 0 Å². The zero-order valence-corrected chi connectivity index (χ0v) is 12.2. The molecule has 1 amide bonds. The lowest BCUT2D eigenvalue weighted by atomic mass is 9.96.